The first-order valence-corrected chi connectivity index (χ1v) is 5.86. The zero-order valence-electron chi connectivity index (χ0n) is 10.5. The Morgan fingerprint density at radius 2 is 1.78 bits per heavy atom. The van der Waals surface area contributed by atoms with Gasteiger partial charge in [0.2, 0.25) is 0 Å². The second kappa shape index (κ2) is 5.09. The van der Waals surface area contributed by atoms with Crippen molar-refractivity contribution in [2.75, 3.05) is 14.2 Å². The van der Waals surface area contributed by atoms with E-state index in [2.05, 4.69) is 6.07 Å². The third kappa shape index (κ3) is 2.04. The highest BCUT2D eigenvalue weighted by Crippen LogP contribution is 2.35. The molecule has 0 aromatic heterocycles. The van der Waals surface area contributed by atoms with Crippen LogP contribution in [-0.4, -0.2) is 20.0 Å². The third-order valence-corrected chi connectivity index (χ3v) is 3.36. The highest BCUT2D eigenvalue weighted by atomic mass is 16.5. The first-order valence-electron chi connectivity index (χ1n) is 5.86. The maximum atomic E-state index is 11.8. The molecular formula is C14H15NO3. The molecule has 1 aromatic rings. The lowest BCUT2D eigenvalue weighted by Gasteiger charge is -2.15. The number of carbonyl (C=O) groups excluding carboxylic acids is 1. The number of ketones is 1. The predicted octanol–water partition coefficient (Wildman–Crippen LogP) is 1.90. The number of nitriles is 1. The fourth-order valence-electron chi connectivity index (χ4n) is 2.39. The van der Waals surface area contributed by atoms with Gasteiger partial charge in [0.25, 0.3) is 0 Å². The summed E-state index contributed by atoms with van der Waals surface area (Å²) in [7, 11) is 3.20. The average Bonchev–Trinajstić information content (AvgIpc) is 2.57. The van der Waals surface area contributed by atoms with E-state index in [1.165, 1.54) is 0 Å². The Labute approximate surface area is 106 Å². The van der Waals surface area contributed by atoms with E-state index in [9.17, 15) is 4.79 Å². The lowest BCUT2D eigenvalue weighted by atomic mass is 9.96. The highest BCUT2D eigenvalue weighted by Gasteiger charge is 2.27. The number of Topliss-reactive ketones (excluding diaryl/α,β-unsaturated/α-hetero) is 1. The zero-order chi connectivity index (χ0) is 13.1. The summed E-state index contributed by atoms with van der Waals surface area (Å²) in [6, 6.07) is 5.74. The largest absolute Gasteiger partial charge is 0.496 e. The van der Waals surface area contributed by atoms with Crippen molar-refractivity contribution in [3.05, 3.63) is 23.3 Å². The van der Waals surface area contributed by atoms with Crippen LogP contribution in [0.15, 0.2) is 12.1 Å². The van der Waals surface area contributed by atoms with Gasteiger partial charge in [-0.15, -0.1) is 0 Å². The summed E-state index contributed by atoms with van der Waals surface area (Å²) in [6.45, 7) is 0. The van der Waals surface area contributed by atoms with Crippen molar-refractivity contribution in [3.8, 4) is 17.6 Å². The van der Waals surface area contributed by atoms with Crippen molar-refractivity contribution in [3.63, 3.8) is 0 Å². The zero-order valence-corrected chi connectivity index (χ0v) is 10.5. The van der Waals surface area contributed by atoms with Crippen LogP contribution < -0.4 is 9.47 Å². The van der Waals surface area contributed by atoms with Crippen molar-refractivity contribution in [1.82, 2.24) is 0 Å². The number of ether oxygens (including phenoxy) is 2. The molecule has 0 radical (unpaired) electrons. The Morgan fingerprint density at radius 1 is 1.17 bits per heavy atom. The third-order valence-electron chi connectivity index (χ3n) is 3.36. The SMILES string of the molecule is COc1ccc(OC)c2c1CCC(=O)C(C#N)C2. The van der Waals surface area contributed by atoms with Crippen LogP contribution in [0.5, 0.6) is 11.5 Å². The van der Waals surface area contributed by atoms with Crippen LogP contribution >= 0.6 is 0 Å². The molecular weight excluding hydrogens is 230 g/mol. The molecule has 0 amide bonds. The first kappa shape index (κ1) is 12.4. The normalized spacial score (nSPS) is 18.5. The van der Waals surface area contributed by atoms with E-state index in [0.29, 0.717) is 19.3 Å². The summed E-state index contributed by atoms with van der Waals surface area (Å²) >= 11 is 0. The van der Waals surface area contributed by atoms with Gasteiger partial charge in [0, 0.05) is 17.5 Å². The lowest BCUT2D eigenvalue weighted by molar-refractivity contribution is -0.121. The van der Waals surface area contributed by atoms with E-state index < -0.39 is 5.92 Å². The van der Waals surface area contributed by atoms with Crippen LogP contribution in [0.25, 0.3) is 0 Å². The minimum absolute atomic E-state index is 0.00203. The lowest BCUT2D eigenvalue weighted by Crippen LogP contribution is -2.13. The number of carbonyl (C=O) groups is 1. The molecule has 94 valence electrons. The van der Waals surface area contributed by atoms with E-state index >= 15 is 0 Å². The molecule has 0 heterocycles. The number of nitrogens with zero attached hydrogens (tertiary/aromatic N) is 1. The van der Waals surface area contributed by atoms with Gasteiger partial charge in [0.05, 0.1) is 20.3 Å². The van der Waals surface area contributed by atoms with Crippen LogP contribution in [-0.2, 0) is 17.6 Å². The minimum Gasteiger partial charge on any atom is -0.496 e. The average molecular weight is 245 g/mol. The van der Waals surface area contributed by atoms with Gasteiger partial charge in [0.1, 0.15) is 17.4 Å². The van der Waals surface area contributed by atoms with Crippen molar-refractivity contribution in [2.45, 2.75) is 19.3 Å². The van der Waals surface area contributed by atoms with Gasteiger partial charge in [-0.1, -0.05) is 0 Å². The van der Waals surface area contributed by atoms with E-state index in [-0.39, 0.29) is 5.78 Å². The Balaban J connectivity index is 2.54. The van der Waals surface area contributed by atoms with Gasteiger partial charge in [0.15, 0.2) is 5.78 Å². The van der Waals surface area contributed by atoms with Gasteiger partial charge in [-0.2, -0.15) is 5.26 Å². The Hall–Kier alpha value is -2.02. The summed E-state index contributed by atoms with van der Waals surface area (Å²) in [4.78, 5) is 11.8. The standard InChI is InChI=1S/C14H15NO3/c1-17-13-5-6-14(18-2)11-7-9(8-15)12(16)4-3-10(11)13/h5-6,9H,3-4,7H2,1-2H3. The van der Waals surface area contributed by atoms with E-state index in [0.717, 1.165) is 22.6 Å². The van der Waals surface area contributed by atoms with Crippen LogP contribution in [0, 0.1) is 17.2 Å². The second-order valence-electron chi connectivity index (χ2n) is 4.28. The molecule has 1 aromatic carbocycles. The Bertz CT molecular complexity index is 517. The summed E-state index contributed by atoms with van der Waals surface area (Å²) in [5, 5.41) is 9.06. The van der Waals surface area contributed by atoms with Gasteiger partial charge < -0.3 is 9.47 Å². The number of fused-ring (bicyclic) bond motifs is 1. The Kier molecular flexibility index (Phi) is 3.52. The van der Waals surface area contributed by atoms with Crippen molar-refractivity contribution >= 4 is 5.78 Å². The molecule has 4 nitrogen and oxygen atoms in total. The number of hydrogen-bond donors (Lipinski definition) is 0. The van der Waals surface area contributed by atoms with Gasteiger partial charge >= 0.3 is 0 Å². The smallest absolute Gasteiger partial charge is 0.150 e. The van der Waals surface area contributed by atoms with Crippen molar-refractivity contribution < 1.29 is 14.3 Å². The molecule has 0 fully saturated rings. The number of benzene rings is 1. The number of hydrogen-bond acceptors (Lipinski definition) is 4. The topological polar surface area (TPSA) is 59.3 Å². The minimum atomic E-state index is -0.577. The molecule has 0 saturated carbocycles. The van der Waals surface area contributed by atoms with Crippen molar-refractivity contribution in [1.29, 1.82) is 5.26 Å². The molecule has 1 aliphatic carbocycles. The highest BCUT2D eigenvalue weighted by molar-refractivity contribution is 5.85. The molecule has 1 atom stereocenters. The molecule has 0 spiro atoms. The quantitative estimate of drug-likeness (QED) is 0.747. The maximum absolute atomic E-state index is 11.8. The monoisotopic (exact) mass is 245 g/mol. The van der Waals surface area contributed by atoms with Crippen LogP contribution in [0.3, 0.4) is 0 Å². The van der Waals surface area contributed by atoms with Gasteiger partial charge in [-0.3, -0.25) is 4.79 Å². The maximum Gasteiger partial charge on any atom is 0.150 e. The van der Waals surface area contributed by atoms with Gasteiger partial charge in [-0.05, 0) is 25.0 Å². The van der Waals surface area contributed by atoms with E-state index in [1.54, 1.807) is 14.2 Å². The molecule has 0 aliphatic heterocycles. The fraction of sp³-hybridized carbons (Fsp3) is 0.429. The molecule has 2 rings (SSSR count). The molecule has 18 heavy (non-hydrogen) atoms. The second-order valence-corrected chi connectivity index (χ2v) is 4.28. The Morgan fingerprint density at radius 3 is 2.33 bits per heavy atom. The fourth-order valence-corrected chi connectivity index (χ4v) is 2.39. The van der Waals surface area contributed by atoms with Gasteiger partial charge in [-0.25, -0.2) is 0 Å². The number of rotatable bonds is 2. The molecule has 0 saturated heterocycles. The van der Waals surface area contributed by atoms with Crippen LogP contribution in [0.2, 0.25) is 0 Å². The summed E-state index contributed by atoms with van der Waals surface area (Å²) in [6.07, 6.45) is 1.40. The molecule has 0 bridgehead atoms. The molecule has 1 aliphatic rings. The van der Waals surface area contributed by atoms with E-state index in [4.69, 9.17) is 14.7 Å². The number of methoxy groups -OCH3 is 2. The van der Waals surface area contributed by atoms with E-state index in [1.807, 2.05) is 12.1 Å². The van der Waals surface area contributed by atoms with Crippen LogP contribution in [0.1, 0.15) is 17.5 Å². The molecule has 0 N–H and O–H groups in total. The summed E-state index contributed by atoms with van der Waals surface area (Å²) in [5.74, 6) is 0.906. The molecule has 1 unspecified atom stereocenters. The molecule has 4 heteroatoms. The predicted molar refractivity (Wildman–Crippen MR) is 65.7 cm³/mol. The summed E-state index contributed by atoms with van der Waals surface area (Å²) in [5.41, 5.74) is 1.91. The van der Waals surface area contributed by atoms with Crippen molar-refractivity contribution in [2.24, 2.45) is 5.92 Å². The summed E-state index contributed by atoms with van der Waals surface area (Å²) < 4.78 is 10.6. The first-order chi connectivity index (χ1) is 8.71. The van der Waals surface area contributed by atoms with Crippen LogP contribution in [0.4, 0.5) is 0 Å².